The number of nitriles is 1. The molecule has 0 amide bonds. The van der Waals surface area contributed by atoms with E-state index in [1.165, 1.54) is 32.1 Å². The van der Waals surface area contributed by atoms with Crippen LogP contribution in [0, 0.1) is 23.2 Å². The molecule has 1 aromatic heterocycles. The highest BCUT2D eigenvalue weighted by Crippen LogP contribution is 2.37. The molecule has 4 nitrogen and oxygen atoms in total. The summed E-state index contributed by atoms with van der Waals surface area (Å²) in [5.74, 6) is 2.47. The van der Waals surface area contributed by atoms with E-state index in [9.17, 15) is 0 Å². The van der Waals surface area contributed by atoms with Gasteiger partial charge in [0.2, 0.25) is 0 Å². The molecule has 2 unspecified atom stereocenters. The number of hydrogen-bond donors (Lipinski definition) is 0. The Kier molecular flexibility index (Phi) is 3.14. The van der Waals surface area contributed by atoms with Gasteiger partial charge in [-0.1, -0.05) is 19.3 Å². The van der Waals surface area contributed by atoms with Crippen molar-refractivity contribution in [3.63, 3.8) is 0 Å². The Balaban J connectivity index is 1.79. The third-order valence-electron chi connectivity index (χ3n) is 4.41. The third kappa shape index (κ3) is 2.05. The van der Waals surface area contributed by atoms with E-state index in [1.54, 1.807) is 12.3 Å². The zero-order valence-corrected chi connectivity index (χ0v) is 10.5. The summed E-state index contributed by atoms with van der Waals surface area (Å²) in [6, 6.07) is 3.98. The average Bonchev–Trinajstić information content (AvgIpc) is 2.46. The van der Waals surface area contributed by atoms with Crippen molar-refractivity contribution in [1.29, 1.82) is 5.26 Å². The molecule has 0 radical (unpaired) electrons. The second-order valence-electron chi connectivity index (χ2n) is 5.42. The Bertz CT molecular complexity index is 465. The van der Waals surface area contributed by atoms with Gasteiger partial charge in [-0.2, -0.15) is 10.4 Å². The number of anilines is 1. The van der Waals surface area contributed by atoms with Crippen LogP contribution in [0.2, 0.25) is 0 Å². The zero-order chi connectivity index (χ0) is 12.4. The maximum absolute atomic E-state index is 9.14. The quantitative estimate of drug-likeness (QED) is 0.758. The normalized spacial score (nSPS) is 27.4. The minimum Gasteiger partial charge on any atom is -0.354 e. The van der Waals surface area contributed by atoms with E-state index in [2.05, 4.69) is 21.2 Å². The highest BCUT2D eigenvalue weighted by atomic mass is 15.3. The number of aromatic nitrogens is 2. The molecule has 0 aromatic carbocycles. The van der Waals surface area contributed by atoms with Crippen molar-refractivity contribution >= 4 is 5.82 Å². The van der Waals surface area contributed by atoms with E-state index in [0.29, 0.717) is 5.56 Å². The van der Waals surface area contributed by atoms with Gasteiger partial charge in [-0.05, 0) is 30.7 Å². The van der Waals surface area contributed by atoms with Crippen molar-refractivity contribution in [3.05, 3.63) is 17.8 Å². The van der Waals surface area contributed by atoms with Gasteiger partial charge in [0.1, 0.15) is 6.07 Å². The largest absolute Gasteiger partial charge is 0.354 e. The van der Waals surface area contributed by atoms with Gasteiger partial charge in [-0.15, -0.1) is 5.10 Å². The van der Waals surface area contributed by atoms with Crippen LogP contribution in [0.4, 0.5) is 5.82 Å². The molecule has 2 heterocycles. The fraction of sp³-hybridized carbons (Fsp3) is 0.643. The predicted octanol–water partition coefficient (Wildman–Crippen LogP) is 2.36. The van der Waals surface area contributed by atoms with Crippen LogP contribution < -0.4 is 4.90 Å². The van der Waals surface area contributed by atoms with E-state index >= 15 is 0 Å². The molecule has 0 spiro atoms. The van der Waals surface area contributed by atoms with Gasteiger partial charge in [0.25, 0.3) is 0 Å². The summed E-state index contributed by atoms with van der Waals surface area (Å²) in [5, 5.41) is 17.2. The van der Waals surface area contributed by atoms with E-state index in [0.717, 1.165) is 30.7 Å². The average molecular weight is 242 g/mol. The number of nitrogens with zero attached hydrogens (tertiary/aromatic N) is 4. The van der Waals surface area contributed by atoms with Crippen molar-refractivity contribution < 1.29 is 0 Å². The van der Waals surface area contributed by atoms with Crippen molar-refractivity contribution in [3.8, 4) is 6.07 Å². The summed E-state index contributed by atoms with van der Waals surface area (Å²) in [4.78, 5) is 2.26. The monoisotopic (exact) mass is 242 g/mol. The first-order valence-corrected chi connectivity index (χ1v) is 6.85. The molecule has 1 aliphatic carbocycles. The zero-order valence-electron chi connectivity index (χ0n) is 10.5. The third-order valence-corrected chi connectivity index (χ3v) is 4.41. The van der Waals surface area contributed by atoms with Crippen molar-refractivity contribution in [2.24, 2.45) is 11.8 Å². The van der Waals surface area contributed by atoms with Crippen LogP contribution in [0.5, 0.6) is 0 Å². The number of rotatable bonds is 1. The topological polar surface area (TPSA) is 52.8 Å². The maximum Gasteiger partial charge on any atom is 0.169 e. The van der Waals surface area contributed by atoms with Crippen LogP contribution in [0.3, 0.4) is 0 Å². The van der Waals surface area contributed by atoms with Crippen LogP contribution in [0.1, 0.15) is 37.7 Å². The number of fused-ring (bicyclic) bond motifs is 1. The molecular formula is C14H18N4. The minimum absolute atomic E-state index is 0.652. The molecule has 4 heteroatoms. The number of piperidine rings is 1. The summed E-state index contributed by atoms with van der Waals surface area (Å²) < 4.78 is 0. The molecule has 2 aliphatic rings. The Morgan fingerprint density at radius 3 is 2.89 bits per heavy atom. The van der Waals surface area contributed by atoms with Gasteiger partial charge in [0, 0.05) is 13.1 Å². The highest BCUT2D eigenvalue weighted by Gasteiger charge is 2.32. The molecule has 3 rings (SSSR count). The summed E-state index contributed by atoms with van der Waals surface area (Å²) in [6.45, 7) is 2.08. The first-order chi connectivity index (χ1) is 8.88. The van der Waals surface area contributed by atoms with E-state index in [-0.39, 0.29) is 0 Å². The van der Waals surface area contributed by atoms with Gasteiger partial charge in [0.15, 0.2) is 5.82 Å². The number of hydrogen-bond acceptors (Lipinski definition) is 4. The highest BCUT2D eigenvalue weighted by molar-refractivity contribution is 5.52. The maximum atomic E-state index is 9.14. The smallest absolute Gasteiger partial charge is 0.169 e. The SMILES string of the molecule is N#Cc1ccnnc1N1CCC2CCCCC2C1. The van der Waals surface area contributed by atoms with Gasteiger partial charge >= 0.3 is 0 Å². The first kappa shape index (κ1) is 11.5. The molecule has 1 aliphatic heterocycles. The van der Waals surface area contributed by atoms with Crippen LogP contribution in [-0.4, -0.2) is 23.3 Å². The van der Waals surface area contributed by atoms with Crippen molar-refractivity contribution in [1.82, 2.24) is 10.2 Å². The summed E-state index contributed by atoms with van der Waals surface area (Å²) in [5.41, 5.74) is 0.652. The molecule has 18 heavy (non-hydrogen) atoms. The van der Waals surface area contributed by atoms with Crippen molar-refractivity contribution in [2.45, 2.75) is 32.1 Å². The molecule has 2 atom stereocenters. The van der Waals surface area contributed by atoms with Crippen LogP contribution >= 0.6 is 0 Å². The second kappa shape index (κ2) is 4.93. The lowest BCUT2D eigenvalue weighted by molar-refractivity contribution is 0.202. The van der Waals surface area contributed by atoms with Gasteiger partial charge in [-0.25, -0.2) is 0 Å². The van der Waals surface area contributed by atoms with Gasteiger partial charge in [0.05, 0.1) is 11.8 Å². The Hall–Kier alpha value is -1.63. The fourth-order valence-corrected chi connectivity index (χ4v) is 3.44. The minimum atomic E-state index is 0.652. The van der Waals surface area contributed by atoms with Gasteiger partial charge in [-0.3, -0.25) is 0 Å². The molecular weight excluding hydrogens is 224 g/mol. The lowest BCUT2D eigenvalue weighted by atomic mass is 9.75. The van der Waals surface area contributed by atoms with Crippen LogP contribution in [-0.2, 0) is 0 Å². The van der Waals surface area contributed by atoms with Crippen LogP contribution in [0.25, 0.3) is 0 Å². The Morgan fingerprint density at radius 2 is 2.06 bits per heavy atom. The van der Waals surface area contributed by atoms with E-state index < -0.39 is 0 Å². The fourth-order valence-electron chi connectivity index (χ4n) is 3.44. The molecule has 0 N–H and O–H groups in total. The van der Waals surface area contributed by atoms with E-state index in [4.69, 9.17) is 5.26 Å². The van der Waals surface area contributed by atoms with Crippen molar-refractivity contribution in [2.75, 3.05) is 18.0 Å². The summed E-state index contributed by atoms with van der Waals surface area (Å²) in [7, 11) is 0. The van der Waals surface area contributed by atoms with Crippen LogP contribution in [0.15, 0.2) is 12.3 Å². The lowest BCUT2D eigenvalue weighted by Crippen LogP contribution is -2.42. The summed E-state index contributed by atoms with van der Waals surface area (Å²) >= 11 is 0. The predicted molar refractivity (Wildman–Crippen MR) is 69.0 cm³/mol. The Labute approximate surface area is 108 Å². The standard InChI is InChI=1S/C14H18N4/c15-9-12-5-7-16-17-14(12)18-8-6-11-3-1-2-4-13(11)10-18/h5,7,11,13H,1-4,6,8,10H2. The summed E-state index contributed by atoms with van der Waals surface area (Å²) in [6.07, 6.45) is 8.32. The molecule has 1 saturated heterocycles. The molecule has 1 saturated carbocycles. The molecule has 94 valence electrons. The van der Waals surface area contributed by atoms with Gasteiger partial charge < -0.3 is 4.90 Å². The molecule has 1 aromatic rings. The first-order valence-electron chi connectivity index (χ1n) is 6.85. The Morgan fingerprint density at radius 1 is 1.22 bits per heavy atom. The molecule has 2 fully saturated rings. The van der Waals surface area contributed by atoms with E-state index in [1.807, 2.05) is 0 Å². The molecule has 0 bridgehead atoms. The lowest BCUT2D eigenvalue weighted by Gasteiger charge is -2.41. The second-order valence-corrected chi connectivity index (χ2v) is 5.42.